The zero-order valence-electron chi connectivity index (χ0n) is 11.9. The number of aromatic nitrogens is 2. The van der Waals surface area contributed by atoms with Crippen molar-refractivity contribution in [3.63, 3.8) is 0 Å². The van der Waals surface area contributed by atoms with E-state index in [1.807, 2.05) is 42.7 Å². The Morgan fingerprint density at radius 2 is 1.81 bits per heavy atom. The van der Waals surface area contributed by atoms with Gasteiger partial charge in [0.15, 0.2) is 0 Å². The van der Waals surface area contributed by atoms with Gasteiger partial charge in [-0.05, 0) is 61.4 Å². The van der Waals surface area contributed by atoms with Crippen molar-refractivity contribution in [3.05, 3.63) is 64.4 Å². The van der Waals surface area contributed by atoms with E-state index < -0.39 is 0 Å². The molecule has 0 unspecified atom stereocenters. The van der Waals surface area contributed by atoms with Gasteiger partial charge in [0, 0.05) is 11.2 Å². The zero-order valence-corrected chi connectivity index (χ0v) is 12.7. The minimum atomic E-state index is 0.717. The minimum absolute atomic E-state index is 0.717. The Bertz CT molecular complexity index is 765. The maximum Gasteiger partial charge on any atom is 0.0656 e. The van der Waals surface area contributed by atoms with Gasteiger partial charge in [0.05, 0.1) is 29.0 Å². The molecule has 2 aromatic heterocycles. The number of nitrogens with one attached hydrogen (secondary N) is 2. The van der Waals surface area contributed by atoms with Crippen LogP contribution < -0.4 is 0 Å². The van der Waals surface area contributed by atoms with Crippen molar-refractivity contribution in [1.29, 1.82) is 0 Å². The number of rotatable bonds is 3. The third-order valence-electron chi connectivity index (χ3n) is 3.64. The molecular weight excluding hydrogens is 282 g/mol. The van der Waals surface area contributed by atoms with Crippen LogP contribution in [0.2, 0.25) is 5.02 Å². The topological polar surface area (TPSA) is 43.9 Å². The molecule has 3 aromatic rings. The molecule has 0 saturated heterocycles. The first kappa shape index (κ1) is 13.7. The Kier molecular flexibility index (Phi) is 3.67. The Hall–Kier alpha value is -2.26. The SMILES string of the molecule is Cc1c(C=Nc2ccc(Cl)cc2)[nH]c(-c2ccc[nH]2)c1C. The van der Waals surface area contributed by atoms with E-state index in [0.717, 1.165) is 27.8 Å². The van der Waals surface area contributed by atoms with Crippen LogP contribution in [0.4, 0.5) is 5.69 Å². The van der Waals surface area contributed by atoms with E-state index in [9.17, 15) is 0 Å². The average Bonchev–Trinajstić information content (AvgIpc) is 3.10. The number of halogens is 1. The van der Waals surface area contributed by atoms with E-state index in [1.54, 1.807) is 0 Å². The molecule has 0 bridgehead atoms. The molecule has 0 saturated carbocycles. The molecule has 4 heteroatoms. The van der Waals surface area contributed by atoms with Gasteiger partial charge in [-0.15, -0.1) is 0 Å². The zero-order chi connectivity index (χ0) is 14.8. The van der Waals surface area contributed by atoms with Gasteiger partial charge in [-0.25, -0.2) is 0 Å². The lowest BCUT2D eigenvalue weighted by Gasteiger charge is -1.95. The van der Waals surface area contributed by atoms with Crippen LogP contribution in [0.3, 0.4) is 0 Å². The van der Waals surface area contributed by atoms with E-state index in [2.05, 4.69) is 34.9 Å². The average molecular weight is 298 g/mol. The molecule has 0 amide bonds. The first-order valence-electron chi connectivity index (χ1n) is 6.77. The van der Waals surface area contributed by atoms with Crippen LogP contribution in [0.1, 0.15) is 16.8 Å². The Morgan fingerprint density at radius 3 is 2.48 bits per heavy atom. The fourth-order valence-corrected chi connectivity index (χ4v) is 2.39. The van der Waals surface area contributed by atoms with E-state index in [0.29, 0.717) is 0 Å². The molecule has 21 heavy (non-hydrogen) atoms. The second-order valence-electron chi connectivity index (χ2n) is 4.98. The van der Waals surface area contributed by atoms with Crippen LogP contribution >= 0.6 is 11.6 Å². The quantitative estimate of drug-likeness (QED) is 0.637. The molecule has 2 heterocycles. The normalized spacial score (nSPS) is 11.4. The summed E-state index contributed by atoms with van der Waals surface area (Å²) in [5.74, 6) is 0. The third kappa shape index (κ3) is 2.78. The molecule has 3 nitrogen and oxygen atoms in total. The maximum absolute atomic E-state index is 5.87. The summed E-state index contributed by atoms with van der Waals surface area (Å²) in [6.07, 6.45) is 3.78. The van der Waals surface area contributed by atoms with Crippen molar-refractivity contribution in [2.75, 3.05) is 0 Å². The van der Waals surface area contributed by atoms with Gasteiger partial charge in [0.2, 0.25) is 0 Å². The molecule has 3 rings (SSSR count). The van der Waals surface area contributed by atoms with E-state index in [1.165, 1.54) is 11.1 Å². The number of aromatic amines is 2. The summed E-state index contributed by atoms with van der Waals surface area (Å²) in [6, 6.07) is 11.5. The highest BCUT2D eigenvalue weighted by Gasteiger charge is 2.11. The number of nitrogens with zero attached hydrogens (tertiary/aromatic N) is 1. The van der Waals surface area contributed by atoms with Gasteiger partial charge < -0.3 is 9.97 Å². The number of H-pyrrole nitrogens is 2. The first-order chi connectivity index (χ1) is 10.1. The van der Waals surface area contributed by atoms with Crippen LogP contribution in [0.15, 0.2) is 47.6 Å². The highest BCUT2D eigenvalue weighted by molar-refractivity contribution is 6.30. The van der Waals surface area contributed by atoms with Crippen molar-refractivity contribution >= 4 is 23.5 Å². The van der Waals surface area contributed by atoms with Gasteiger partial charge >= 0.3 is 0 Å². The van der Waals surface area contributed by atoms with Crippen LogP contribution in [0.25, 0.3) is 11.4 Å². The fraction of sp³-hybridized carbons (Fsp3) is 0.118. The number of hydrogen-bond donors (Lipinski definition) is 2. The molecule has 0 aliphatic carbocycles. The summed E-state index contributed by atoms with van der Waals surface area (Å²) < 4.78 is 0. The maximum atomic E-state index is 5.87. The van der Waals surface area contributed by atoms with E-state index in [4.69, 9.17) is 11.6 Å². The van der Waals surface area contributed by atoms with Crippen LogP contribution in [0.5, 0.6) is 0 Å². The number of aliphatic imine (C=N–C) groups is 1. The summed E-state index contributed by atoms with van der Waals surface area (Å²) in [7, 11) is 0. The number of benzene rings is 1. The predicted molar refractivity (Wildman–Crippen MR) is 88.8 cm³/mol. The van der Waals surface area contributed by atoms with Gasteiger partial charge in [0.25, 0.3) is 0 Å². The summed E-state index contributed by atoms with van der Waals surface area (Å²) in [4.78, 5) is 11.1. The fourth-order valence-electron chi connectivity index (χ4n) is 2.26. The lowest BCUT2D eigenvalue weighted by Crippen LogP contribution is -1.84. The van der Waals surface area contributed by atoms with Crippen molar-refractivity contribution in [2.24, 2.45) is 4.99 Å². The lowest BCUT2D eigenvalue weighted by atomic mass is 10.1. The monoisotopic (exact) mass is 297 g/mol. The highest BCUT2D eigenvalue weighted by atomic mass is 35.5. The van der Waals surface area contributed by atoms with Crippen molar-refractivity contribution in [3.8, 4) is 11.4 Å². The molecular formula is C17H16ClN3. The summed E-state index contributed by atoms with van der Waals surface area (Å²) >= 11 is 5.87. The molecule has 0 fully saturated rings. The lowest BCUT2D eigenvalue weighted by molar-refractivity contribution is 1.30. The highest BCUT2D eigenvalue weighted by Crippen LogP contribution is 2.25. The van der Waals surface area contributed by atoms with Crippen molar-refractivity contribution in [2.45, 2.75) is 13.8 Å². The van der Waals surface area contributed by atoms with Crippen LogP contribution in [-0.4, -0.2) is 16.2 Å². The first-order valence-corrected chi connectivity index (χ1v) is 7.15. The van der Waals surface area contributed by atoms with Gasteiger partial charge in [-0.2, -0.15) is 0 Å². The molecule has 1 aromatic carbocycles. The van der Waals surface area contributed by atoms with Gasteiger partial charge in [-0.3, -0.25) is 4.99 Å². The molecule has 2 N–H and O–H groups in total. The predicted octanol–water partition coefficient (Wildman–Crippen LogP) is 5.03. The van der Waals surface area contributed by atoms with Gasteiger partial charge in [-0.1, -0.05) is 11.6 Å². The third-order valence-corrected chi connectivity index (χ3v) is 3.89. The Labute approximate surface area is 128 Å². The van der Waals surface area contributed by atoms with Crippen LogP contribution in [0, 0.1) is 13.8 Å². The molecule has 106 valence electrons. The smallest absolute Gasteiger partial charge is 0.0656 e. The molecule has 0 spiro atoms. The second kappa shape index (κ2) is 5.62. The van der Waals surface area contributed by atoms with Crippen molar-refractivity contribution < 1.29 is 0 Å². The summed E-state index contributed by atoms with van der Waals surface area (Å²) in [6.45, 7) is 4.21. The summed E-state index contributed by atoms with van der Waals surface area (Å²) in [5, 5.41) is 0.717. The minimum Gasteiger partial charge on any atom is -0.360 e. The molecule has 0 aliphatic rings. The van der Waals surface area contributed by atoms with Crippen molar-refractivity contribution in [1.82, 2.24) is 9.97 Å². The van der Waals surface area contributed by atoms with E-state index in [-0.39, 0.29) is 0 Å². The second-order valence-corrected chi connectivity index (χ2v) is 5.42. The van der Waals surface area contributed by atoms with Crippen LogP contribution in [-0.2, 0) is 0 Å². The Balaban J connectivity index is 1.93. The number of hydrogen-bond acceptors (Lipinski definition) is 1. The molecule has 0 radical (unpaired) electrons. The Morgan fingerprint density at radius 1 is 1.05 bits per heavy atom. The molecule has 0 atom stereocenters. The van der Waals surface area contributed by atoms with E-state index >= 15 is 0 Å². The molecule has 0 aliphatic heterocycles. The largest absolute Gasteiger partial charge is 0.360 e. The van der Waals surface area contributed by atoms with Gasteiger partial charge in [0.1, 0.15) is 0 Å². The summed E-state index contributed by atoms with van der Waals surface area (Å²) in [5.41, 5.74) is 6.53. The standard InChI is InChI=1S/C17H16ClN3/c1-11-12(2)17(15-4-3-9-19-15)21-16(11)10-20-14-7-5-13(18)6-8-14/h3-10,19,21H,1-2H3.